The van der Waals surface area contributed by atoms with Gasteiger partial charge in [0.2, 0.25) is 0 Å². The van der Waals surface area contributed by atoms with E-state index in [4.69, 9.17) is 23.7 Å². The predicted octanol–water partition coefficient (Wildman–Crippen LogP) is 1.62. The van der Waals surface area contributed by atoms with Crippen LogP contribution in [0.1, 0.15) is 18.9 Å². The average molecular weight is 208 g/mol. The number of aryl methyl sites for hydroxylation is 1. The molecule has 0 spiro atoms. The second-order valence-corrected chi connectivity index (χ2v) is 4.21. The Kier molecular flexibility index (Phi) is 3.61. The maximum Gasteiger partial charge on any atom is 0.0926 e. The molecule has 0 aromatic heterocycles. The van der Waals surface area contributed by atoms with Crippen molar-refractivity contribution >= 4 is 17.2 Å². The van der Waals surface area contributed by atoms with Gasteiger partial charge in [-0.3, -0.25) is 0 Å². The lowest BCUT2D eigenvalue weighted by atomic mass is 9.94. The fourth-order valence-electron chi connectivity index (χ4n) is 1.17. The van der Waals surface area contributed by atoms with Crippen LogP contribution >= 0.6 is 12.2 Å². The monoisotopic (exact) mass is 208 g/mol. The van der Waals surface area contributed by atoms with Gasteiger partial charge in [-0.15, -0.1) is 0 Å². The van der Waals surface area contributed by atoms with E-state index < -0.39 is 5.54 Å². The lowest BCUT2D eigenvalue weighted by Crippen LogP contribution is -2.48. The molecule has 14 heavy (non-hydrogen) atoms. The van der Waals surface area contributed by atoms with Gasteiger partial charge in [0.25, 0.3) is 0 Å². The molecular formula is C11H16N2S. The molecule has 0 saturated heterocycles. The number of thiocarbonyl (C=S) groups is 1. The molecular weight excluding hydrogens is 192 g/mol. The van der Waals surface area contributed by atoms with Crippen LogP contribution in [0.25, 0.3) is 0 Å². The van der Waals surface area contributed by atoms with E-state index in [0.717, 1.165) is 12.8 Å². The summed E-state index contributed by atoms with van der Waals surface area (Å²) < 4.78 is 0. The maximum absolute atomic E-state index is 5.94. The standard InChI is InChI=1S/C11H16N2S/c1-11(13,10(12)14)8-7-9-5-3-2-4-6-9/h2-6H,7-8,13H2,1H3,(H2,12,14)/t11-/m0/s1. The van der Waals surface area contributed by atoms with Crippen LogP contribution < -0.4 is 11.5 Å². The minimum Gasteiger partial charge on any atom is -0.392 e. The van der Waals surface area contributed by atoms with Crippen LogP contribution in [-0.2, 0) is 6.42 Å². The van der Waals surface area contributed by atoms with E-state index in [0.29, 0.717) is 4.99 Å². The third-order valence-corrected chi connectivity index (χ3v) is 2.81. The van der Waals surface area contributed by atoms with Gasteiger partial charge in [0.05, 0.1) is 10.5 Å². The molecule has 76 valence electrons. The first kappa shape index (κ1) is 11.1. The van der Waals surface area contributed by atoms with Gasteiger partial charge in [-0.05, 0) is 25.3 Å². The van der Waals surface area contributed by atoms with Crippen LogP contribution in [0.15, 0.2) is 30.3 Å². The smallest absolute Gasteiger partial charge is 0.0926 e. The number of benzene rings is 1. The molecule has 0 saturated carbocycles. The van der Waals surface area contributed by atoms with Crippen molar-refractivity contribution in [1.29, 1.82) is 0 Å². The molecule has 0 aliphatic rings. The topological polar surface area (TPSA) is 52.0 Å². The minimum atomic E-state index is -0.537. The quantitative estimate of drug-likeness (QED) is 0.739. The van der Waals surface area contributed by atoms with Crippen LogP contribution in [0.3, 0.4) is 0 Å². The van der Waals surface area contributed by atoms with E-state index in [1.54, 1.807) is 0 Å². The van der Waals surface area contributed by atoms with Gasteiger partial charge in [0.1, 0.15) is 0 Å². The van der Waals surface area contributed by atoms with Crippen LogP contribution in [0.4, 0.5) is 0 Å². The number of rotatable bonds is 4. The molecule has 0 bridgehead atoms. The Balaban J connectivity index is 2.53. The zero-order valence-electron chi connectivity index (χ0n) is 8.36. The zero-order chi connectivity index (χ0) is 10.6. The predicted molar refractivity (Wildman–Crippen MR) is 64.1 cm³/mol. The van der Waals surface area contributed by atoms with Crippen LogP contribution in [0.5, 0.6) is 0 Å². The van der Waals surface area contributed by atoms with Crippen LogP contribution in [-0.4, -0.2) is 10.5 Å². The first-order valence-corrected chi connectivity index (χ1v) is 5.06. The first-order chi connectivity index (χ1) is 6.52. The van der Waals surface area contributed by atoms with Crippen molar-refractivity contribution in [2.45, 2.75) is 25.3 Å². The second kappa shape index (κ2) is 4.53. The molecule has 0 aliphatic carbocycles. The van der Waals surface area contributed by atoms with Crippen molar-refractivity contribution in [3.8, 4) is 0 Å². The molecule has 2 nitrogen and oxygen atoms in total. The van der Waals surface area contributed by atoms with E-state index in [2.05, 4.69) is 12.1 Å². The van der Waals surface area contributed by atoms with Gasteiger partial charge in [-0.2, -0.15) is 0 Å². The lowest BCUT2D eigenvalue weighted by molar-refractivity contribution is 0.571. The highest BCUT2D eigenvalue weighted by Gasteiger charge is 2.21. The third kappa shape index (κ3) is 3.09. The van der Waals surface area contributed by atoms with Gasteiger partial charge < -0.3 is 11.5 Å². The Morgan fingerprint density at radius 1 is 1.36 bits per heavy atom. The number of hydrogen-bond donors (Lipinski definition) is 2. The summed E-state index contributed by atoms with van der Waals surface area (Å²) in [6, 6.07) is 10.2. The van der Waals surface area contributed by atoms with Gasteiger partial charge in [0, 0.05) is 0 Å². The van der Waals surface area contributed by atoms with E-state index in [1.807, 2.05) is 25.1 Å². The fraction of sp³-hybridized carbons (Fsp3) is 0.364. The maximum atomic E-state index is 5.94. The number of hydrogen-bond acceptors (Lipinski definition) is 2. The van der Waals surface area contributed by atoms with Gasteiger partial charge in [0.15, 0.2) is 0 Å². The van der Waals surface area contributed by atoms with Crippen LogP contribution in [0, 0.1) is 0 Å². The highest BCUT2D eigenvalue weighted by molar-refractivity contribution is 7.80. The van der Waals surface area contributed by atoms with E-state index >= 15 is 0 Å². The molecule has 1 aromatic rings. The molecule has 0 amide bonds. The molecule has 0 heterocycles. The highest BCUT2D eigenvalue weighted by atomic mass is 32.1. The normalized spacial score (nSPS) is 14.7. The Bertz CT molecular complexity index is 306. The Morgan fingerprint density at radius 2 is 1.93 bits per heavy atom. The van der Waals surface area contributed by atoms with Gasteiger partial charge in [-0.1, -0.05) is 42.5 Å². The van der Waals surface area contributed by atoms with Gasteiger partial charge in [-0.25, -0.2) is 0 Å². The average Bonchev–Trinajstić information content (AvgIpc) is 2.16. The number of nitrogens with two attached hydrogens (primary N) is 2. The molecule has 0 aliphatic heterocycles. The van der Waals surface area contributed by atoms with Crippen LogP contribution in [0.2, 0.25) is 0 Å². The van der Waals surface area contributed by atoms with E-state index in [-0.39, 0.29) is 0 Å². The van der Waals surface area contributed by atoms with Crippen molar-refractivity contribution in [2.75, 3.05) is 0 Å². The molecule has 4 N–H and O–H groups in total. The van der Waals surface area contributed by atoms with Gasteiger partial charge >= 0.3 is 0 Å². The van der Waals surface area contributed by atoms with Crippen molar-refractivity contribution < 1.29 is 0 Å². The molecule has 3 heteroatoms. The summed E-state index contributed by atoms with van der Waals surface area (Å²) in [6.07, 6.45) is 1.69. The van der Waals surface area contributed by atoms with Crippen molar-refractivity contribution in [1.82, 2.24) is 0 Å². The summed E-state index contributed by atoms with van der Waals surface area (Å²) in [6.45, 7) is 1.87. The minimum absolute atomic E-state index is 0.383. The molecule has 1 atom stereocenters. The summed E-state index contributed by atoms with van der Waals surface area (Å²) in [5.41, 5.74) is 12.2. The van der Waals surface area contributed by atoms with Crippen molar-refractivity contribution in [2.24, 2.45) is 11.5 Å². The molecule has 0 fully saturated rings. The summed E-state index contributed by atoms with van der Waals surface area (Å²) in [5.74, 6) is 0. The fourth-order valence-corrected chi connectivity index (χ4v) is 1.27. The Labute approximate surface area is 90.3 Å². The van der Waals surface area contributed by atoms with Crippen molar-refractivity contribution in [3.63, 3.8) is 0 Å². The molecule has 0 unspecified atom stereocenters. The largest absolute Gasteiger partial charge is 0.392 e. The third-order valence-electron chi connectivity index (χ3n) is 2.34. The van der Waals surface area contributed by atoms with E-state index in [9.17, 15) is 0 Å². The molecule has 1 rings (SSSR count). The second-order valence-electron chi connectivity index (χ2n) is 3.77. The molecule has 1 aromatic carbocycles. The SMILES string of the molecule is C[C@](N)(CCc1ccccc1)C(N)=S. The van der Waals surface area contributed by atoms with Crippen molar-refractivity contribution in [3.05, 3.63) is 35.9 Å². The first-order valence-electron chi connectivity index (χ1n) is 4.65. The summed E-state index contributed by atoms with van der Waals surface area (Å²) in [5, 5.41) is 0. The zero-order valence-corrected chi connectivity index (χ0v) is 9.18. The summed E-state index contributed by atoms with van der Waals surface area (Å²) in [7, 11) is 0. The summed E-state index contributed by atoms with van der Waals surface area (Å²) >= 11 is 4.90. The Hall–Kier alpha value is -0.930. The lowest BCUT2D eigenvalue weighted by Gasteiger charge is -2.22. The highest BCUT2D eigenvalue weighted by Crippen LogP contribution is 2.11. The Morgan fingerprint density at radius 3 is 2.43 bits per heavy atom. The summed E-state index contributed by atoms with van der Waals surface area (Å²) in [4.78, 5) is 0.383. The molecule has 0 radical (unpaired) electrons. The van der Waals surface area contributed by atoms with E-state index in [1.165, 1.54) is 5.56 Å².